The van der Waals surface area contributed by atoms with Crippen LogP contribution in [0.15, 0.2) is 0 Å². The van der Waals surface area contributed by atoms with Crippen LogP contribution in [-0.2, 0) is 33.2 Å². The largest absolute Gasteiger partial charge is 0.438 e. The van der Waals surface area contributed by atoms with Gasteiger partial charge in [-0.2, -0.15) is 0 Å². The number of hydrogen-bond donors (Lipinski definition) is 1. The van der Waals surface area contributed by atoms with Crippen LogP contribution in [0, 0.1) is 52.3 Å². The summed E-state index contributed by atoms with van der Waals surface area (Å²) < 4.78 is 32.4. The standard InChI is InChI=1S/C34H60O8/c1-7-25-29-20-24(41-21-39-18-16-37-5)12-14-34(29,4)28-13-15-33(3)26(9-10-27(33)31(28)32(25)36)23(2)8-11-30(35)42-22-40-19-17-38-6/h23-29,31-32,36H,7-22H2,1-6H3/t23-,24-,25-,26-,27+,28+,29?,31?,32-,33?,34+/m1/s1. The minimum atomic E-state index is -0.249. The second kappa shape index (κ2) is 15.5. The van der Waals surface area contributed by atoms with Crippen molar-refractivity contribution < 1.29 is 38.3 Å². The van der Waals surface area contributed by atoms with Crippen molar-refractivity contribution in [1.82, 2.24) is 0 Å². The Hall–Kier alpha value is -0.770. The zero-order chi connectivity index (χ0) is 30.3. The summed E-state index contributed by atoms with van der Waals surface area (Å²) >= 11 is 0. The third-order valence-corrected chi connectivity index (χ3v) is 12.5. The lowest BCUT2D eigenvalue weighted by molar-refractivity contribution is -0.213. The molecule has 4 aliphatic carbocycles. The molecular formula is C34H60O8. The van der Waals surface area contributed by atoms with Crippen molar-refractivity contribution in [2.75, 3.05) is 54.2 Å². The van der Waals surface area contributed by atoms with Gasteiger partial charge in [0.1, 0.15) is 6.79 Å². The molecule has 4 aliphatic rings. The van der Waals surface area contributed by atoms with Gasteiger partial charge in [-0.1, -0.05) is 34.1 Å². The van der Waals surface area contributed by atoms with Crippen LogP contribution in [-0.4, -0.2) is 77.5 Å². The average molecular weight is 597 g/mol. The highest BCUT2D eigenvalue weighted by Gasteiger charge is 2.65. The predicted molar refractivity (Wildman–Crippen MR) is 161 cm³/mol. The van der Waals surface area contributed by atoms with Crippen molar-refractivity contribution in [2.24, 2.45) is 52.3 Å². The fourth-order valence-electron chi connectivity index (χ4n) is 10.3. The summed E-state index contributed by atoms with van der Waals surface area (Å²) in [5, 5.41) is 12.1. The number of ether oxygens (including phenoxy) is 6. The molecule has 4 saturated carbocycles. The Kier molecular flexibility index (Phi) is 12.6. The number of hydrogen-bond acceptors (Lipinski definition) is 8. The molecule has 3 unspecified atom stereocenters. The molecule has 11 atom stereocenters. The van der Waals surface area contributed by atoms with E-state index in [2.05, 4.69) is 27.7 Å². The number of aliphatic hydroxyl groups excluding tert-OH is 1. The maximum absolute atomic E-state index is 12.4. The number of rotatable bonds is 16. The maximum Gasteiger partial charge on any atom is 0.307 e. The van der Waals surface area contributed by atoms with Crippen LogP contribution in [0.3, 0.4) is 0 Å². The molecule has 8 heteroatoms. The molecule has 0 spiro atoms. The van der Waals surface area contributed by atoms with Gasteiger partial charge in [-0.05, 0) is 104 Å². The first-order valence-electron chi connectivity index (χ1n) is 16.8. The van der Waals surface area contributed by atoms with Gasteiger partial charge in [0.25, 0.3) is 0 Å². The summed E-state index contributed by atoms with van der Waals surface area (Å²) in [6, 6.07) is 0. The molecule has 0 heterocycles. The molecule has 0 bridgehead atoms. The molecule has 4 fully saturated rings. The first-order valence-corrected chi connectivity index (χ1v) is 16.8. The summed E-state index contributed by atoms with van der Waals surface area (Å²) in [7, 11) is 3.30. The van der Waals surface area contributed by atoms with E-state index in [4.69, 9.17) is 28.4 Å². The second-order valence-electron chi connectivity index (χ2n) is 14.3. The highest BCUT2D eigenvalue weighted by Crippen LogP contribution is 2.69. The maximum atomic E-state index is 12.4. The number of methoxy groups -OCH3 is 2. The van der Waals surface area contributed by atoms with Gasteiger partial charge in [0.05, 0.1) is 38.6 Å². The Morgan fingerprint density at radius 2 is 1.55 bits per heavy atom. The van der Waals surface area contributed by atoms with Gasteiger partial charge in [-0.15, -0.1) is 0 Å². The predicted octanol–water partition coefficient (Wildman–Crippen LogP) is 5.84. The molecule has 0 aromatic rings. The molecule has 0 aromatic heterocycles. The normalized spacial score (nSPS) is 40.2. The molecule has 0 saturated heterocycles. The lowest BCUT2D eigenvalue weighted by Gasteiger charge is -2.65. The van der Waals surface area contributed by atoms with E-state index in [9.17, 15) is 9.90 Å². The van der Waals surface area contributed by atoms with Gasteiger partial charge in [-0.3, -0.25) is 4.79 Å². The Labute approximate surface area is 254 Å². The number of fused-ring (bicyclic) bond motifs is 5. The average Bonchev–Trinajstić information content (AvgIpc) is 3.33. The van der Waals surface area contributed by atoms with E-state index < -0.39 is 0 Å². The van der Waals surface area contributed by atoms with Crippen LogP contribution in [0.5, 0.6) is 0 Å². The molecule has 0 radical (unpaired) electrons. The van der Waals surface area contributed by atoms with Crippen LogP contribution >= 0.6 is 0 Å². The third kappa shape index (κ3) is 7.20. The van der Waals surface area contributed by atoms with Gasteiger partial charge >= 0.3 is 5.97 Å². The van der Waals surface area contributed by atoms with Crippen molar-refractivity contribution in [3.63, 3.8) is 0 Å². The fraction of sp³-hybridized carbons (Fsp3) is 0.971. The molecular weight excluding hydrogens is 536 g/mol. The fourth-order valence-corrected chi connectivity index (χ4v) is 10.3. The van der Waals surface area contributed by atoms with Gasteiger partial charge in [-0.25, -0.2) is 0 Å². The highest BCUT2D eigenvalue weighted by molar-refractivity contribution is 5.69. The summed E-state index contributed by atoms with van der Waals surface area (Å²) in [4.78, 5) is 12.4. The number of aliphatic hydroxyl groups is 1. The van der Waals surface area contributed by atoms with E-state index in [0.717, 1.165) is 25.7 Å². The second-order valence-corrected chi connectivity index (χ2v) is 14.3. The molecule has 42 heavy (non-hydrogen) atoms. The van der Waals surface area contributed by atoms with E-state index in [1.165, 1.54) is 32.1 Å². The first kappa shape index (κ1) is 34.1. The zero-order valence-corrected chi connectivity index (χ0v) is 27.3. The van der Waals surface area contributed by atoms with E-state index in [-0.39, 0.29) is 35.8 Å². The SMILES string of the molecule is CC[C@@H]1C2C[C@H](OCOCCOC)CC[C@@]2(C)[C@H]2CCC3(C)[C@@H]([C@H](C)CCC(=O)OCOCCOC)CC[C@H]3C2[C@@H]1O. The first-order chi connectivity index (χ1) is 20.2. The number of esters is 1. The minimum Gasteiger partial charge on any atom is -0.438 e. The number of carbonyl (C=O) groups excluding carboxylic acids is 1. The van der Waals surface area contributed by atoms with Crippen LogP contribution in [0.1, 0.15) is 91.9 Å². The third-order valence-electron chi connectivity index (χ3n) is 12.5. The molecule has 4 rings (SSSR count). The molecule has 0 aliphatic heterocycles. The minimum absolute atomic E-state index is 0.00581. The lowest BCUT2D eigenvalue weighted by Crippen LogP contribution is -2.62. The summed E-state index contributed by atoms with van der Waals surface area (Å²) in [6.45, 7) is 12.0. The summed E-state index contributed by atoms with van der Waals surface area (Å²) in [5.41, 5.74) is 0.470. The molecule has 244 valence electrons. The Bertz CT molecular complexity index is 838. The monoisotopic (exact) mass is 596 g/mol. The molecule has 0 amide bonds. The van der Waals surface area contributed by atoms with E-state index >= 15 is 0 Å². The lowest BCUT2D eigenvalue weighted by atomic mass is 9.41. The van der Waals surface area contributed by atoms with Crippen molar-refractivity contribution in [2.45, 2.75) is 104 Å². The smallest absolute Gasteiger partial charge is 0.307 e. The van der Waals surface area contributed by atoms with Crippen LogP contribution in [0.4, 0.5) is 0 Å². The van der Waals surface area contributed by atoms with E-state index in [1.54, 1.807) is 14.2 Å². The van der Waals surface area contributed by atoms with Crippen molar-refractivity contribution in [3.8, 4) is 0 Å². The topological polar surface area (TPSA) is 92.7 Å². The van der Waals surface area contributed by atoms with E-state index in [0.29, 0.717) is 81.1 Å². The van der Waals surface area contributed by atoms with Gasteiger partial charge in [0, 0.05) is 20.6 Å². The van der Waals surface area contributed by atoms with Crippen LogP contribution < -0.4 is 0 Å². The molecule has 0 aromatic carbocycles. The Morgan fingerprint density at radius 3 is 2.24 bits per heavy atom. The summed E-state index contributed by atoms with van der Waals surface area (Å²) in [5.74, 6) is 3.14. The molecule has 8 nitrogen and oxygen atoms in total. The van der Waals surface area contributed by atoms with Crippen molar-refractivity contribution >= 4 is 5.97 Å². The Balaban J connectivity index is 1.37. The number of carbonyl (C=O) groups is 1. The van der Waals surface area contributed by atoms with Gasteiger partial charge in [0.15, 0.2) is 6.79 Å². The van der Waals surface area contributed by atoms with Crippen LogP contribution in [0.25, 0.3) is 0 Å². The van der Waals surface area contributed by atoms with Gasteiger partial charge in [0.2, 0.25) is 0 Å². The summed E-state index contributed by atoms with van der Waals surface area (Å²) in [6.07, 6.45) is 10.3. The van der Waals surface area contributed by atoms with E-state index in [1.807, 2.05) is 0 Å². The Morgan fingerprint density at radius 1 is 0.881 bits per heavy atom. The quantitative estimate of drug-likeness (QED) is 0.135. The van der Waals surface area contributed by atoms with Crippen LogP contribution in [0.2, 0.25) is 0 Å². The zero-order valence-electron chi connectivity index (χ0n) is 27.3. The van der Waals surface area contributed by atoms with Gasteiger partial charge < -0.3 is 33.5 Å². The highest BCUT2D eigenvalue weighted by atomic mass is 16.7. The van der Waals surface area contributed by atoms with Crippen molar-refractivity contribution in [1.29, 1.82) is 0 Å². The van der Waals surface area contributed by atoms with Crippen molar-refractivity contribution in [3.05, 3.63) is 0 Å². The molecule has 1 N–H and O–H groups in total.